The maximum absolute atomic E-state index is 3.07. The van der Waals surface area contributed by atoms with Crippen molar-refractivity contribution in [2.24, 2.45) is 0 Å². The van der Waals surface area contributed by atoms with Crippen LogP contribution in [0, 0.1) is 0 Å². The van der Waals surface area contributed by atoms with Gasteiger partial charge in [-0.1, -0.05) is 0 Å². The van der Waals surface area contributed by atoms with Gasteiger partial charge in [-0.3, -0.25) is 0 Å². The van der Waals surface area contributed by atoms with Crippen LogP contribution in [-0.2, 0) is 0 Å². The Hall–Kier alpha value is 1.01. The Morgan fingerprint density at radius 3 is 2.00 bits per heavy atom. The van der Waals surface area contributed by atoms with Crippen molar-refractivity contribution in [1.29, 1.82) is 0 Å². The van der Waals surface area contributed by atoms with Crippen molar-refractivity contribution in [2.45, 2.75) is 0 Å². The van der Waals surface area contributed by atoms with Gasteiger partial charge in [0, 0.05) is 0 Å². The predicted molar refractivity (Wildman–Crippen MR) is 23.8 cm³/mol. The quantitative estimate of drug-likeness (QED) is 0.548. The van der Waals surface area contributed by atoms with Gasteiger partial charge in [-0.15, -0.1) is 0 Å². The van der Waals surface area contributed by atoms with E-state index in [1.54, 1.807) is 0 Å². The fourth-order valence-corrected chi connectivity index (χ4v) is 0. The Kier molecular flexibility index (Phi) is 5.02. The van der Waals surface area contributed by atoms with E-state index in [-0.39, 0.29) is 0 Å². The molecular weight excluding hydrogens is 232 g/mol. The summed E-state index contributed by atoms with van der Waals surface area (Å²) in [7, 11) is 0. The summed E-state index contributed by atoms with van der Waals surface area (Å²) in [5.74, 6) is 0. The van der Waals surface area contributed by atoms with Gasteiger partial charge in [0.05, 0.1) is 0 Å². The van der Waals surface area contributed by atoms with Gasteiger partial charge in [-0.2, -0.15) is 0 Å². The SMILES string of the molecule is BrC=C[Te]. The molecule has 0 aromatic carbocycles. The molecule has 0 atom stereocenters. The van der Waals surface area contributed by atoms with Crippen LogP contribution in [0.1, 0.15) is 0 Å². The normalized spacial score (nSPS) is 9.25. The second-order valence-corrected chi connectivity index (χ2v) is 1.57. The molecule has 0 aromatic rings. The summed E-state index contributed by atoms with van der Waals surface area (Å²) < 4.78 is 1.93. The molecule has 0 bridgehead atoms. The summed E-state index contributed by atoms with van der Waals surface area (Å²) in [6, 6.07) is 0. The minimum absolute atomic E-state index is 1.82. The number of hydrogen-bond donors (Lipinski definition) is 0. The monoisotopic (exact) mass is 235 g/mol. The van der Waals surface area contributed by atoms with Crippen molar-refractivity contribution < 1.29 is 0 Å². The molecule has 23 valence electrons. The molecule has 0 unspecified atom stereocenters. The van der Waals surface area contributed by atoms with E-state index in [2.05, 4.69) is 15.9 Å². The zero-order valence-corrected chi connectivity index (χ0v) is 5.86. The zero-order valence-electron chi connectivity index (χ0n) is 1.94. The first kappa shape index (κ1) is 5.01. The summed E-state index contributed by atoms with van der Waals surface area (Å²) >= 11 is 4.97. The standard InChI is InChI=1S/C2H2BrTe/c3-1-2-4/h1-2H. The fraction of sp³-hybridized carbons (Fsp3) is 0. The number of rotatable bonds is 0. The second-order valence-electron chi connectivity index (χ2n) is 0.262. The van der Waals surface area contributed by atoms with Gasteiger partial charge in [0.25, 0.3) is 0 Å². The van der Waals surface area contributed by atoms with Gasteiger partial charge < -0.3 is 0 Å². The van der Waals surface area contributed by atoms with Crippen molar-refractivity contribution in [3.05, 3.63) is 9.11 Å². The van der Waals surface area contributed by atoms with E-state index in [1.165, 1.54) is 0 Å². The molecule has 0 rings (SSSR count). The minimum atomic E-state index is 1.82. The van der Waals surface area contributed by atoms with Crippen molar-refractivity contribution in [3.63, 3.8) is 0 Å². The van der Waals surface area contributed by atoms with E-state index in [9.17, 15) is 0 Å². The van der Waals surface area contributed by atoms with Crippen LogP contribution < -0.4 is 0 Å². The van der Waals surface area contributed by atoms with E-state index in [0.717, 1.165) is 0 Å². The predicted octanol–water partition coefficient (Wildman–Crippen LogP) is 1.02. The molecule has 2 heteroatoms. The molecule has 1 radical (unpaired) electrons. The molecule has 0 aliphatic rings. The van der Waals surface area contributed by atoms with Crippen LogP contribution in [0.2, 0.25) is 0 Å². The first-order valence-electron chi connectivity index (χ1n) is 0.787. The third-order valence-electron chi connectivity index (χ3n) is 0.0514. The molecule has 0 saturated heterocycles. The van der Waals surface area contributed by atoms with Crippen LogP contribution in [-0.4, -0.2) is 22.3 Å². The molecule has 4 heavy (non-hydrogen) atoms. The van der Waals surface area contributed by atoms with E-state index in [0.29, 0.717) is 0 Å². The summed E-state index contributed by atoms with van der Waals surface area (Å²) in [5.41, 5.74) is 0. The average Bonchev–Trinajstić information content (AvgIpc) is 1.37. The van der Waals surface area contributed by atoms with E-state index >= 15 is 0 Å². The van der Waals surface area contributed by atoms with Crippen molar-refractivity contribution in [1.82, 2.24) is 0 Å². The topological polar surface area (TPSA) is 0 Å². The Morgan fingerprint density at radius 2 is 2.00 bits per heavy atom. The molecule has 0 aliphatic carbocycles. The van der Waals surface area contributed by atoms with Crippen LogP contribution >= 0.6 is 15.9 Å². The summed E-state index contributed by atoms with van der Waals surface area (Å²) in [4.78, 5) is 1.82. The van der Waals surface area contributed by atoms with Crippen LogP contribution in [0.3, 0.4) is 0 Å². The second kappa shape index (κ2) is 4.01. The molecule has 0 nitrogen and oxygen atoms in total. The summed E-state index contributed by atoms with van der Waals surface area (Å²) in [6.07, 6.45) is 0. The third kappa shape index (κ3) is 3.01. The number of hydrogen-bond acceptors (Lipinski definition) is 0. The molecule has 0 aliphatic heterocycles. The summed E-state index contributed by atoms with van der Waals surface area (Å²) in [5, 5.41) is 0. The van der Waals surface area contributed by atoms with Crippen molar-refractivity contribution in [3.8, 4) is 0 Å². The van der Waals surface area contributed by atoms with Crippen LogP contribution in [0.5, 0.6) is 0 Å². The third-order valence-corrected chi connectivity index (χ3v) is 1.79. The van der Waals surface area contributed by atoms with Crippen molar-refractivity contribution >= 4 is 38.2 Å². The Balaban J connectivity index is 2.55. The maximum atomic E-state index is 3.07. The molecule has 0 spiro atoms. The molecule has 0 saturated carbocycles. The van der Waals surface area contributed by atoms with Crippen LogP contribution in [0.15, 0.2) is 9.11 Å². The molecule has 0 amide bonds. The Morgan fingerprint density at radius 1 is 1.75 bits per heavy atom. The van der Waals surface area contributed by atoms with Gasteiger partial charge >= 0.3 is 47.3 Å². The van der Waals surface area contributed by atoms with E-state index in [1.807, 2.05) is 31.4 Å². The zero-order chi connectivity index (χ0) is 3.41. The van der Waals surface area contributed by atoms with Gasteiger partial charge in [-0.05, 0) is 0 Å². The first-order valence-corrected chi connectivity index (χ1v) is 3.05. The number of halogens is 1. The van der Waals surface area contributed by atoms with E-state index in [4.69, 9.17) is 0 Å². The molecule has 0 heterocycles. The van der Waals surface area contributed by atoms with Crippen molar-refractivity contribution in [2.75, 3.05) is 0 Å². The molecule has 0 fully saturated rings. The van der Waals surface area contributed by atoms with Crippen LogP contribution in [0.4, 0.5) is 0 Å². The van der Waals surface area contributed by atoms with Crippen LogP contribution in [0.25, 0.3) is 0 Å². The first-order chi connectivity index (χ1) is 1.91. The average molecular weight is 234 g/mol. The van der Waals surface area contributed by atoms with Gasteiger partial charge in [-0.25, -0.2) is 0 Å². The van der Waals surface area contributed by atoms with Gasteiger partial charge in [0.1, 0.15) is 0 Å². The van der Waals surface area contributed by atoms with Gasteiger partial charge in [0.2, 0.25) is 0 Å². The van der Waals surface area contributed by atoms with Gasteiger partial charge in [0.15, 0.2) is 0 Å². The Bertz CT molecular complexity index is 21.2. The van der Waals surface area contributed by atoms with E-state index < -0.39 is 0 Å². The summed E-state index contributed by atoms with van der Waals surface area (Å²) in [6.45, 7) is 0. The molecule has 0 aromatic heterocycles. The molecule has 0 N–H and O–H groups in total. The fourth-order valence-electron chi connectivity index (χ4n) is 0. The molecular formula is C2H2BrTe. The Labute approximate surface area is 47.3 Å².